The van der Waals surface area contributed by atoms with Crippen molar-refractivity contribution in [3.8, 4) is 0 Å². The minimum absolute atomic E-state index is 0.199. The molecule has 3 nitrogen and oxygen atoms in total. The Balaban J connectivity index is 1.85. The van der Waals surface area contributed by atoms with E-state index in [1.807, 2.05) is 42.5 Å². The van der Waals surface area contributed by atoms with E-state index < -0.39 is 11.2 Å². The molecule has 3 heteroatoms. The quantitative estimate of drug-likeness (QED) is 0.643. The van der Waals surface area contributed by atoms with Gasteiger partial charge >= 0.3 is 5.97 Å². The lowest BCUT2D eigenvalue weighted by Crippen LogP contribution is -2.30. The summed E-state index contributed by atoms with van der Waals surface area (Å²) in [5.74, 6) is -0.298. The first-order valence-electron chi connectivity index (χ1n) is 7.36. The van der Waals surface area contributed by atoms with Crippen molar-refractivity contribution in [2.24, 2.45) is 0 Å². The van der Waals surface area contributed by atoms with Gasteiger partial charge in [-0.05, 0) is 28.8 Å². The van der Waals surface area contributed by atoms with Crippen molar-refractivity contribution >= 4 is 5.97 Å². The van der Waals surface area contributed by atoms with Crippen LogP contribution in [0.1, 0.15) is 23.6 Å². The molecule has 110 valence electrons. The number of hydrogen-bond donors (Lipinski definition) is 0. The number of carbonyl (C=O) groups excluding carboxylic acids is 1. The molecule has 0 amide bonds. The predicted octanol–water partition coefficient (Wildman–Crippen LogP) is 3.29. The van der Waals surface area contributed by atoms with E-state index in [1.54, 1.807) is 0 Å². The van der Waals surface area contributed by atoms with Crippen LogP contribution in [0.2, 0.25) is 0 Å². The Morgan fingerprint density at radius 2 is 1.68 bits per heavy atom. The highest BCUT2D eigenvalue weighted by Crippen LogP contribution is 2.56. The van der Waals surface area contributed by atoms with Crippen molar-refractivity contribution < 1.29 is 14.3 Å². The molecular formula is C19H16O3. The molecule has 0 unspecified atom stereocenters. The molecule has 2 aliphatic rings. The second-order valence-corrected chi connectivity index (χ2v) is 5.75. The van der Waals surface area contributed by atoms with Crippen molar-refractivity contribution in [3.05, 3.63) is 83.4 Å². The second kappa shape index (κ2) is 4.55. The van der Waals surface area contributed by atoms with Crippen molar-refractivity contribution in [1.82, 2.24) is 0 Å². The van der Waals surface area contributed by atoms with Gasteiger partial charge in [-0.15, -0.1) is 0 Å². The van der Waals surface area contributed by atoms with Gasteiger partial charge in [0.25, 0.3) is 0 Å². The molecule has 0 fully saturated rings. The van der Waals surface area contributed by atoms with Gasteiger partial charge in [0.2, 0.25) is 0 Å². The number of hydrogen-bond acceptors (Lipinski definition) is 3. The average Bonchev–Trinajstić information content (AvgIpc) is 3.08. The van der Waals surface area contributed by atoms with E-state index in [0.29, 0.717) is 0 Å². The topological polar surface area (TPSA) is 35.5 Å². The molecule has 0 N–H and O–H groups in total. The van der Waals surface area contributed by atoms with Gasteiger partial charge in [0.1, 0.15) is 17.8 Å². The van der Waals surface area contributed by atoms with Gasteiger partial charge in [-0.2, -0.15) is 0 Å². The molecule has 2 atom stereocenters. The monoisotopic (exact) mass is 292 g/mol. The van der Waals surface area contributed by atoms with Crippen LogP contribution in [0.25, 0.3) is 0 Å². The third-order valence-corrected chi connectivity index (χ3v) is 4.41. The Bertz CT molecular complexity index is 765. The van der Waals surface area contributed by atoms with Crippen LogP contribution in [0.3, 0.4) is 0 Å². The normalized spacial score (nSPS) is 27.7. The highest BCUT2D eigenvalue weighted by molar-refractivity contribution is 5.66. The van der Waals surface area contributed by atoms with Crippen molar-refractivity contribution in [2.45, 2.75) is 18.1 Å². The third kappa shape index (κ3) is 1.69. The lowest BCUT2D eigenvalue weighted by molar-refractivity contribution is -0.152. The molecule has 0 saturated heterocycles. The smallest absolute Gasteiger partial charge is 0.302 e. The van der Waals surface area contributed by atoms with Gasteiger partial charge in [-0.25, -0.2) is 0 Å². The molecule has 2 aromatic rings. The third-order valence-electron chi connectivity index (χ3n) is 4.41. The van der Waals surface area contributed by atoms with Crippen molar-refractivity contribution in [1.29, 1.82) is 0 Å². The van der Waals surface area contributed by atoms with Crippen LogP contribution < -0.4 is 0 Å². The van der Waals surface area contributed by atoms with E-state index in [1.165, 1.54) is 6.92 Å². The van der Waals surface area contributed by atoms with Gasteiger partial charge in [0.05, 0.1) is 0 Å². The van der Waals surface area contributed by atoms with Gasteiger partial charge < -0.3 is 9.47 Å². The van der Waals surface area contributed by atoms with Crippen LogP contribution in [0, 0.1) is 0 Å². The van der Waals surface area contributed by atoms with Crippen LogP contribution in [0.5, 0.6) is 0 Å². The van der Waals surface area contributed by atoms with Crippen molar-refractivity contribution in [3.63, 3.8) is 0 Å². The van der Waals surface area contributed by atoms with E-state index in [0.717, 1.165) is 16.7 Å². The molecule has 0 spiro atoms. The first kappa shape index (κ1) is 13.3. The number of ether oxygens (including phenoxy) is 2. The molecule has 2 aliphatic heterocycles. The predicted molar refractivity (Wildman–Crippen MR) is 82.2 cm³/mol. The Labute approximate surface area is 129 Å². The summed E-state index contributed by atoms with van der Waals surface area (Å²) in [7, 11) is 0. The minimum atomic E-state index is -0.682. The molecule has 22 heavy (non-hydrogen) atoms. The van der Waals surface area contributed by atoms with E-state index in [-0.39, 0.29) is 12.6 Å². The molecule has 0 radical (unpaired) electrons. The molecule has 0 aliphatic carbocycles. The van der Waals surface area contributed by atoms with Gasteiger partial charge in [0.15, 0.2) is 0 Å². The van der Waals surface area contributed by atoms with Gasteiger partial charge in [-0.3, -0.25) is 4.79 Å². The Morgan fingerprint density at radius 1 is 1.00 bits per heavy atom. The van der Waals surface area contributed by atoms with E-state index in [4.69, 9.17) is 9.47 Å². The lowest BCUT2D eigenvalue weighted by Gasteiger charge is -2.26. The highest BCUT2D eigenvalue weighted by atomic mass is 16.6. The maximum absolute atomic E-state index is 11.2. The molecule has 2 heterocycles. The Hall–Kier alpha value is -2.39. The SMILES string of the molecule is CC(=O)OC[C@@]12C=C[C@@](c3ccccc3)(O1)c1ccccc12. The maximum atomic E-state index is 11.2. The van der Waals surface area contributed by atoms with Crippen LogP contribution in [-0.2, 0) is 25.5 Å². The summed E-state index contributed by atoms with van der Waals surface area (Å²) in [5.41, 5.74) is 2.01. The first-order chi connectivity index (χ1) is 10.7. The Morgan fingerprint density at radius 3 is 2.41 bits per heavy atom. The van der Waals surface area contributed by atoms with E-state index in [9.17, 15) is 4.79 Å². The average molecular weight is 292 g/mol. The van der Waals surface area contributed by atoms with Gasteiger partial charge in [-0.1, -0.05) is 54.6 Å². The molecular weight excluding hydrogens is 276 g/mol. The lowest BCUT2D eigenvalue weighted by atomic mass is 9.79. The van der Waals surface area contributed by atoms with Crippen LogP contribution in [0.15, 0.2) is 66.7 Å². The van der Waals surface area contributed by atoms with E-state index in [2.05, 4.69) is 24.3 Å². The standard InChI is InChI=1S/C19H16O3/c1-14(20)21-13-18-11-12-19(22-18,15-7-3-2-4-8-15)17-10-6-5-9-16(17)18/h2-12H,13H2,1H3/t18-,19+/m1/s1. The zero-order chi connectivity index (χ0) is 15.2. The summed E-state index contributed by atoms with van der Waals surface area (Å²) >= 11 is 0. The van der Waals surface area contributed by atoms with E-state index >= 15 is 0 Å². The van der Waals surface area contributed by atoms with Gasteiger partial charge in [0, 0.05) is 6.92 Å². The highest BCUT2D eigenvalue weighted by Gasteiger charge is 2.56. The molecule has 2 bridgehead atoms. The summed E-state index contributed by atoms with van der Waals surface area (Å²) in [5, 5.41) is 0. The second-order valence-electron chi connectivity index (χ2n) is 5.75. The Kier molecular flexibility index (Phi) is 2.75. The van der Waals surface area contributed by atoms with Crippen LogP contribution in [0.4, 0.5) is 0 Å². The summed E-state index contributed by atoms with van der Waals surface area (Å²) in [6.07, 6.45) is 4.10. The number of esters is 1. The molecule has 0 aromatic heterocycles. The summed E-state index contributed by atoms with van der Waals surface area (Å²) in [4.78, 5) is 11.2. The molecule has 0 saturated carbocycles. The fraction of sp³-hybridized carbons (Fsp3) is 0.211. The van der Waals surface area contributed by atoms with Crippen LogP contribution in [-0.4, -0.2) is 12.6 Å². The number of carbonyl (C=O) groups is 1. The fourth-order valence-electron chi connectivity index (χ4n) is 3.43. The van der Waals surface area contributed by atoms with Crippen LogP contribution >= 0.6 is 0 Å². The molecule has 4 rings (SSSR count). The fourth-order valence-corrected chi connectivity index (χ4v) is 3.43. The van der Waals surface area contributed by atoms with Crippen molar-refractivity contribution in [2.75, 3.05) is 6.61 Å². The first-order valence-corrected chi connectivity index (χ1v) is 7.36. The largest absolute Gasteiger partial charge is 0.462 e. The summed E-state index contributed by atoms with van der Waals surface area (Å²) < 4.78 is 11.7. The number of rotatable bonds is 3. The zero-order valence-electron chi connectivity index (χ0n) is 12.3. The molecule has 2 aromatic carbocycles. The number of benzene rings is 2. The zero-order valence-corrected chi connectivity index (χ0v) is 12.3. The summed E-state index contributed by atoms with van der Waals surface area (Å²) in [6.45, 7) is 1.62. The maximum Gasteiger partial charge on any atom is 0.302 e. The summed E-state index contributed by atoms with van der Waals surface area (Å²) in [6, 6.07) is 18.3. The minimum Gasteiger partial charge on any atom is -0.462 e. The number of fused-ring (bicyclic) bond motifs is 5.